The fraction of sp³-hybridized carbons (Fsp3) is 0.300. The van der Waals surface area contributed by atoms with E-state index in [1.807, 2.05) is 23.1 Å². The summed E-state index contributed by atoms with van der Waals surface area (Å²) in [7, 11) is 0. The van der Waals surface area contributed by atoms with Crippen LogP contribution in [0.5, 0.6) is 0 Å². The second-order valence-corrected chi connectivity index (χ2v) is 6.29. The first-order valence-electron chi connectivity index (χ1n) is 8.40. The highest BCUT2D eigenvalue weighted by atomic mass is 19.1. The van der Waals surface area contributed by atoms with Crippen molar-refractivity contribution in [3.05, 3.63) is 71.0 Å². The highest BCUT2D eigenvalue weighted by Gasteiger charge is 2.28. The van der Waals surface area contributed by atoms with Crippen LogP contribution in [0.1, 0.15) is 34.5 Å². The molecule has 0 spiro atoms. The van der Waals surface area contributed by atoms with Gasteiger partial charge in [0, 0.05) is 25.2 Å². The Bertz CT molecular complexity index is 774. The number of carbonyl (C=O) groups excluding carboxylic acids is 2. The van der Waals surface area contributed by atoms with Crippen LogP contribution in [0.2, 0.25) is 0 Å². The summed E-state index contributed by atoms with van der Waals surface area (Å²) in [6, 6.07) is 13.3. The maximum Gasteiger partial charge on any atom is 0.227 e. The van der Waals surface area contributed by atoms with Gasteiger partial charge in [0.25, 0.3) is 0 Å². The minimum Gasteiger partial charge on any atom is -0.333 e. The number of carbonyl (C=O) groups is 2. The molecule has 1 saturated heterocycles. The number of ketones is 1. The molecule has 3 rings (SSSR count). The molecular formula is C20H21FN2O2. The topological polar surface area (TPSA) is 49.4 Å². The van der Waals surface area contributed by atoms with Crippen molar-refractivity contribution in [2.75, 3.05) is 19.6 Å². The van der Waals surface area contributed by atoms with E-state index >= 15 is 0 Å². The zero-order valence-electron chi connectivity index (χ0n) is 14.2. The molecule has 5 heteroatoms. The normalized spacial score (nSPS) is 17.4. The molecule has 0 bridgehead atoms. The van der Waals surface area contributed by atoms with Crippen molar-refractivity contribution >= 4 is 11.7 Å². The highest BCUT2D eigenvalue weighted by Crippen LogP contribution is 2.24. The second kappa shape index (κ2) is 7.57. The van der Waals surface area contributed by atoms with E-state index in [-0.39, 0.29) is 30.0 Å². The quantitative estimate of drug-likeness (QED) is 0.871. The van der Waals surface area contributed by atoms with E-state index in [2.05, 4.69) is 5.32 Å². The molecule has 1 N–H and O–H groups in total. The van der Waals surface area contributed by atoms with Gasteiger partial charge in [0.1, 0.15) is 5.82 Å². The molecule has 0 aromatic heterocycles. The molecule has 25 heavy (non-hydrogen) atoms. The number of hydrogen-bond donors (Lipinski definition) is 1. The Morgan fingerprint density at radius 2 is 1.96 bits per heavy atom. The van der Waals surface area contributed by atoms with Crippen molar-refractivity contribution in [2.24, 2.45) is 0 Å². The smallest absolute Gasteiger partial charge is 0.227 e. The number of nitrogens with one attached hydrogen (secondary N) is 1. The van der Waals surface area contributed by atoms with Crippen LogP contribution in [0.25, 0.3) is 0 Å². The molecule has 1 aliphatic rings. The molecule has 0 radical (unpaired) electrons. The van der Waals surface area contributed by atoms with Crippen LogP contribution >= 0.6 is 0 Å². The zero-order chi connectivity index (χ0) is 17.8. The molecule has 2 aromatic carbocycles. The maximum absolute atomic E-state index is 13.5. The summed E-state index contributed by atoms with van der Waals surface area (Å²) in [6.07, 6.45) is 0.268. The van der Waals surface area contributed by atoms with E-state index in [1.54, 1.807) is 18.2 Å². The SMILES string of the molecule is CC(=O)c1ccc(CC(=O)N2CCNCC2c2cccc(F)c2)cc1. The van der Waals surface area contributed by atoms with Crippen LogP contribution in [0, 0.1) is 5.82 Å². The van der Waals surface area contributed by atoms with Gasteiger partial charge < -0.3 is 10.2 Å². The van der Waals surface area contributed by atoms with Gasteiger partial charge in [-0.3, -0.25) is 9.59 Å². The predicted molar refractivity (Wildman–Crippen MR) is 93.9 cm³/mol. The summed E-state index contributed by atoms with van der Waals surface area (Å²) in [6.45, 7) is 3.44. The van der Waals surface area contributed by atoms with Gasteiger partial charge in [-0.1, -0.05) is 36.4 Å². The average Bonchev–Trinajstić information content (AvgIpc) is 2.62. The molecule has 1 atom stereocenters. The first kappa shape index (κ1) is 17.3. The van der Waals surface area contributed by atoms with E-state index in [4.69, 9.17) is 0 Å². The lowest BCUT2D eigenvalue weighted by Crippen LogP contribution is -2.49. The lowest BCUT2D eigenvalue weighted by atomic mass is 10.0. The van der Waals surface area contributed by atoms with Crippen LogP contribution in [0.4, 0.5) is 4.39 Å². The van der Waals surface area contributed by atoms with E-state index in [9.17, 15) is 14.0 Å². The predicted octanol–water partition coefficient (Wildman–Crippen LogP) is 2.74. The number of amides is 1. The second-order valence-electron chi connectivity index (χ2n) is 6.29. The minimum absolute atomic E-state index is 0.00569. The Morgan fingerprint density at radius 1 is 1.20 bits per heavy atom. The van der Waals surface area contributed by atoms with E-state index < -0.39 is 0 Å². The minimum atomic E-state index is -0.296. The fourth-order valence-electron chi connectivity index (χ4n) is 3.15. The zero-order valence-corrected chi connectivity index (χ0v) is 14.2. The molecule has 1 unspecified atom stereocenters. The van der Waals surface area contributed by atoms with Gasteiger partial charge in [-0.25, -0.2) is 4.39 Å². The van der Waals surface area contributed by atoms with Gasteiger partial charge in [-0.2, -0.15) is 0 Å². The fourth-order valence-corrected chi connectivity index (χ4v) is 3.15. The average molecular weight is 340 g/mol. The van der Waals surface area contributed by atoms with Crippen LogP contribution in [-0.4, -0.2) is 36.2 Å². The Morgan fingerprint density at radius 3 is 2.64 bits per heavy atom. The lowest BCUT2D eigenvalue weighted by Gasteiger charge is -2.36. The number of rotatable bonds is 4. The molecule has 1 fully saturated rings. The van der Waals surface area contributed by atoms with Crippen molar-refractivity contribution in [1.29, 1.82) is 0 Å². The summed E-state index contributed by atoms with van der Waals surface area (Å²) in [5.74, 6) is -0.284. The highest BCUT2D eigenvalue weighted by molar-refractivity contribution is 5.94. The largest absolute Gasteiger partial charge is 0.333 e. The van der Waals surface area contributed by atoms with E-state index in [0.29, 0.717) is 18.7 Å². The molecule has 2 aromatic rings. The van der Waals surface area contributed by atoms with E-state index in [0.717, 1.165) is 17.7 Å². The molecule has 0 aliphatic carbocycles. The number of piperazine rings is 1. The standard InChI is InChI=1S/C20H21FN2O2/c1-14(24)16-7-5-15(6-8-16)11-20(25)23-10-9-22-13-19(23)17-3-2-4-18(21)12-17/h2-8,12,19,22H,9-11,13H2,1H3. The molecule has 1 amide bonds. The van der Waals surface area contributed by atoms with Crippen molar-refractivity contribution < 1.29 is 14.0 Å². The van der Waals surface area contributed by atoms with Crippen molar-refractivity contribution in [1.82, 2.24) is 10.2 Å². The monoisotopic (exact) mass is 340 g/mol. The molecular weight excluding hydrogens is 319 g/mol. The molecule has 4 nitrogen and oxygen atoms in total. The lowest BCUT2D eigenvalue weighted by molar-refractivity contribution is -0.133. The number of hydrogen-bond acceptors (Lipinski definition) is 3. The Labute approximate surface area is 146 Å². The van der Waals surface area contributed by atoms with Crippen molar-refractivity contribution in [3.8, 4) is 0 Å². The Balaban J connectivity index is 1.75. The third-order valence-corrected chi connectivity index (χ3v) is 4.51. The number of halogens is 1. The van der Waals surface area contributed by atoms with Gasteiger partial charge in [0.15, 0.2) is 5.78 Å². The van der Waals surface area contributed by atoms with Crippen molar-refractivity contribution in [3.63, 3.8) is 0 Å². The number of Topliss-reactive ketones (excluding diaryl/α,β-unsaturated/α-hetero) is 1. The van der Waals surface area contributed by atoms with Crippen LogP contribution < -0.4 is 5.32 Å². The molecule has 1 heterocycles. The van der Waals surface area contributed by atoms with Crippen LogP contribution in [0.3, 0.4) is 0 Å². The summed E-state index contributed by atoms with van der Waals surface area (Å²) in [5, 5.41) is 3.27. The van der Waals surface area contributed by atoms with Crippen LogP contribution in [0.15, 0.2) is 48.5 Å². The number of nitrogens with zero attached hydrogens (tertiary/aromatic N) is 1. The summed E-state index contributed by atoms with van der Waals surface area (Å²) >= 11 is 0. The summed E-state index contributed by atoms with van der Waals surface area (Å²) in [4.78, 5) is 25.9. The maximum atomic E-state index is 13.5. The van der Waals surface area contributed by atoms with Crippen LogP contribution in [-0.2, 0) is 11.2 Å². The van der Waals surface area contributed by atoms with Gasteiger partial charge in [0.2, 0.25) is 5.91 Å². The molecule has 1 aliphatic heterocycles. The van der Waals surface area contributed by atoms with Crippen molar-refractivity contribution in [2.45, 2.75) is 19.4 Å². The first-order chi connectivity index (χ1) is 12.0. The Hall–Kier alpha value is -2.53. The van der Waals surface area contributed by atoms with Gasteiger partial charge in [-0.15, -0.1) is 0 Å². The molecule has 0 saturated carbocycles. The van der Waals surface area contributed by atoms with E-state index in [1.165, 1.54) is 19.1 Å². The third-order valence-electron chi connectivity index (χ3n) is 4.51. The molecule has 130 valence electrons. The van der Waals surface area contributed by atoms with Gasteiger partial charge in [-0.05, 0) is 30.2 Å². The summed E-state index contributed by atoms with van der Waals surface area (Å²) in [5.41, 5.74) is 2.30. The summed E-state index contributed by atoms with van der Waals surface area (Å²) < 4.78 is 13.5. The first-order valence-corrected chi connectivity index (χ1v) is 8.40. The number of benzene rings is 2. The third kappa shape index (κ3) is 4.12. The van der Waals surface area contributed by atoms with Gasteiger partial charge in [0.05, 0.1) is 12.5 Å². The Kier molecular flexibility index (Phi) is 5.24. The van der Waals surface area contributed by atoms with Gasteiger partial charge >= 0.3 is 0 Å².